The molecule has 1 aliphatic rings. The van der Waals surface area contributed by atoms with Gasteiger partial charge in [-0.1, -0.05) is 54.6 Å². The molecule has 0 bridgehead atoms. The van der Waals surface area contributed by atoms with Crippen molar-refractivity contribution in [2.75, 3.05) is 50.2 Å². The van der Waals surface area contributed by atoms with Gasteiger partial charge in [0.25, 0.3) is 0 Å². The van der Waals surface area contributed by atoms with Crippen LogP contribution in [0.4, 0.5) is 16.7 Å². The number of carbonyl (C=O) groups is 2. The molecule has 6 rings (SSSR count). The highest BCUT2D eigenvalue weighted by atomic mass is 16.6. The maximum absolute atomic E-state index is 12.8. The summed E-state index contributed by atoms with van der Waals surface area (Å²) in [6.45, 7) is 3.10. The predicted octanol–water partition coefficient (Wildman–Crippen LogP) is 4.62. The van der Waals surface area contributed by atoms with Gasteiger partial charge < -0.3 is 28.9 Å². The molecule has 2 aromatic heterocycles. The summed E-state index contributed by atoms with van der Waals surface area (Å²) >= 11 is 0. The summed E-state index contributed by atoms with van der Waals surface area (Å²) in [7, 11) is 3.28. The minimum Gasteiger partial charge on any atom is -0.497 e. The summed E-state index contributed by atoms with van der Waals surface area (Å²) in [6, 6.07) is 25.3. The summed E-state index contributed by atoms with van der Waals surface area (Å²) in [6.07, 6.45) is 1.90. The largest absolute Gasteiger partial charge is 0.497 e. The molecular weight excluding hydrogens is 586 g/mol. The number of amides is 1. The van der Waals surface area contributed by atoms with E-state index in [2.05, 4.69) is 10.00 Å². The molecule has 0 atom stereocenters. The number of fused-ring (bicyclic) bond motifs is 1. The third-order valence-corrected chi connectivity index (χ3v) is 7.87. The van der Waals surface area contributed by atoms with Crippen LogP contribution in [0.25, 0.3) is 5.65 Å². The monoisotopic (exact) mass is 621 g/mol. The lowest BCUT2D eigenvalue weighted by atomic mass is 10.1. The quantitative estimate of drug-likeness (QED) is 0.194. The molecule has 1 saturated heterocycles. The summed E-state index contributed by atoms with van der Waals surface area (Å²) in [5, 5.41) is 4.51. The highest BCUT2D eigenvalue weighted by molar-refractivity contribution is 5.84. The van der Waals surface area contributed by atoms with Gasteiger partial charge in [0.1, 0.15) is 18.1 Å². The first-order valence-electron chi connectivity index (χ1n) is 15.0. The lowest BCUT2D eigenvalue weighted by molar-refractivity contribution is 0.0940. The maximum Gasteiger partial charge on any atom is 0.410 e. The fraction of sp³-hybridized carbons (Fsp3) is 0.265. The fourth-order valence-corrected chi connectivity index (χ4v) is 5.30. The summed E-state index contributed by atoms with van der Waals surface area (Å²) < 4.78 is 17.9. The number of carbonyl (C=O) groups excluding carboxylic acids is 2. The molecule has 0 saturated carbocycles. The van der Waals surface area contributed by atoms with Crippen molar-refractivity contribution in [3.05, 3.63) is 107 Å². The van der Waals surface area contributed by atoms with Crippen LogP contribution in [0.15, 0.2) is 85.1 Å². The van der Waals surface area contributed by atoms with Crippen LogP contribution >= 0.6 is 0 Å². The van der Waals surface area contributed by atoms with Crippen molar-refractivity contribution in [2.45, 2.75) is 19.7 Å². The maximum atomic E-state index is 12.8. The molecule has 3 aromatic carbocycles. The zero-order valence-electron chi connectivity index (χ0n) is 25.8. The van der Waals surface area contributed by atoms with E-state index < -0.39 is 0 Å². The average molecular weight is 622 g/mol. The Balaban J connectivity index is 1.27. The zero-order chi connectivity index (χ0) is 31.9. The van der Waals surface area contributed by atoms with Crippen LogP contribution in [0.5, 0.6) is 11.5 Å². The zero-order valence-corrected chi connectivity index (χ0v) is 25.8. The van der Waals surface area contributed by atoms with Crippen LogP contribution in [0.3, 0.4) is 0 Å². The van der Waals surface area contributed by atoms with Gasteiger partial charge in [0.15, 0.2) is 11.9 Å². The molecule has 1 fully saturated rings. The van der Waals surface area contributed by atoms with Crippen LogP contribution in [-0.2, 0) is 24.4 Å². The molecule has 1 aliphatic heterocycles. The van der Waals surface area contributed by atoms with E-state index in [1.165, 1.54) is 6.20 Å². The number of benzene rings is 3. The number of hydrogen-bond donors (Lipinski definition) is 0. The first-order chi connectivity index (χ1) is 22.5. The Morgan fingerprint density at radius 1 is 0.804 bits per heavy atom. The first kappa shape index (κ1) is 30.4. The van der Waals surface area contributed by atoms with Gasteiger partial charge in [-0.25, -0.2) is 4.79 Å². The summed E-state index contributed by atoms with van der Waals surface area (Å²) in [4.78, 5) is 40.4. The normalized spacial score (nSPS) is 13.0. The Bertz CT molecular complexity index is 1720. The molecule has 236 valence electrons. The van der Waals surface area contributed by atoms with Gasteiger partial charge in [0.2, 0.25) is 11.9 Å². The van der Waals surface area contributed by atoms with Crippen molar-refractivity contribution in [3.8, 4) is 11.5 Å². The van der Waals surface area contributed by atoms with Crippen molar-refractivity contribution < 1.29 is 23.8 Å². The van der Waals surface area contributed by atoms with Gasteiger partial charge in [-0.05, 0) is 41.0 Å². The van der Waals surface area contributed by atoms with Gasteiger partial charge in [-0.15, -0.1) is 0 Å². The summed E-state index contributed by atoms with van der Waals surface area (Å²) in [5.74, 6) is 2.52. The van der Waals surface area contributed by atoms with Crippen molar-refractivity contribution >= 4 is 29.9 Å². The average Bonchev–Trinajstić information content (AvgIpc) is 3.54. The number of piperazine rings is 1. The van der Waals surface area contributed by atoms with Crippen molar-refractivity contribution in [2.24, 2.45) is 0 Å². The van der Waals surface area contributed by atoms with Crippen LogP contribution < -0.4 is 19.3 Å². The third kappa shape index (κ3) is 6.85. The fourth-order valence-electron chi connectivity index (χ4n) is 5.30. The number of ether oxygens (including phenoxy) is 3. The number of methoxy groups -OCH3 is 2. The van der Waals surface area contributed by atoms with E-state index >= 15 is 0 Å². The molecule has 5 aromatic rings. The Kier molecular flexibility index (Phi) is 9.23. The summed E-state index contributed by atoms with van der Waals surface area (Å²) in [5.41, 5.74) is 3.78. The molecule has 46 heavy (non-hydrogen) atoms. The number of rotatable bonds is 11. The minimum atomic E-state index is -0.357. The molecular formula is C34H35N7O5. The molecule has 0 unspecified atom stereocenters. The Hall–Kier alpha value is -5.65. The van der Waals surface area contributed by atoms with Crippen molar-refractivity contribution in [1.82, 2.24) is 24.5 Å². The third-order valence-electron chi connectivity index (χ3n) is 7.87. The molecule has 3 heterocycles. The molecule has 12 heteroatoms. The molecule has 12 nitrogen and oxygen atoms in total. The highest BCUT2D eigenvalue weighted by Gasteiger charge is 2.26. The lowest BCUT2D eigenvalue weighted by Crippen LogP contribution is -2.49. The van der Waals surface area contributed by atoms with E-state index in [0.29, 0.717) is 62.4 Å². The number of aromatic nitrogens is 4. The van der Waals surface area contributed by atoms with Crippen molar-refractivity contribution in [3.63, 3.8) is 0 Å². The van der Waals surface area contributed by atoms with Crippen molar-refractivity contribution in [1.29, 1.82) is 0 Å². The van der Waals surface area contributed by atoms with Crippen LogP contribution in [0, 0.1) is 0 Å². The van der Waals surface area contributed by atoms with E-state index in [0.717, 1.165) is 34.5 Å². The van der Waals surface area contributed by atoms with Gasteiger partial charge in [-0.2, -0.15) is 19.6 Å². The van der Waals surface area contributed by atoms with E-state index in [9.17, 15) is 9.59 Å². The highest BCUT2D eigenvalue weighted by Crippen LogP contribution is 2.25. The van der Waals surface area contributed by atoms with Crippen LogP contribution in [0.1, 0.15) is 27.0 Å². The van der Waals surface area contributed by atoms with E-state index in [-0.39, 0.29) is 12.7 Å². The number of nitrogens with zero attached hydrogens (tertiary/aromatic N) is 7. The Morgan fingerprint density at radius 3 is 1.98 bits per heavy atom. The minimum absolute atomic E-state index is 0.219. The standard InChI is InChI=1S/C34H35N7O5/c1-44-29-12-8-25(9-13-29)21-40(22-26-10-14-30(45-2)15-11-26)33-37-32(36-31-28(23-42)20-35-41(31)33)38-16-18-39(19-17-38)34(43)46-24-27-6-4-3-5-7-27/h3-15,20,23H,16-19,21-22,24H2,1-2H3. The topological polar surface area (TPSA) is 115 Å². The number of hydrogen-bond acceptors (Lipinski definition) is 10. The molecule has 0 aliphatic carbocycles. The lowest BCUT2D eigenvalue weighted by Gasteiger charge is -2.34. The van der Waals surface area contributed by atoms with E-state index in [1.54, 1.807) is 23.6 Å². The molecule has 0 spiro atoms. The predicted molar refractivity (Wildman–Crippen MR) is 172 cm³/mol. The van der Waals surface area contributed by atoms with Gasteiger partial charge in [0.05, 0.1) is 26.0 Å². The number of anilines is 2. The molecule has 1 amide bonds. The van der Waals surface area contributed by atoms with Gasteiger partial charge >= 0.3 is 6.09 Å². The van der Waals surface area contributed by atoms with E-state index in [4.69, 9.17) is 24.2 Å². The Morgan fingerprint density at radius 2 is 1.41 bits per heavy atom. The second kappa shape index (κ2) is 14.0. The van der Waals surface area contributed by atoms with Gasteiger partial charge in [0, 0.05) is 39.3 Å². The smallest absolute Gasteiger partial charge is 0.410 e. The van der Waals surface area contributed by atoms with Gasteiger partial charge in [-0.3, -0.25) is 4.79 Å². The SMILES string of the molecule is COc1ccc(CN(Cc2ccc(OC)cc2)c2nc(N3CCN(C(=O)OCc4ccccc4)CC3)nc3c(C=O)cnn23)cc1. The van der Waals surface area contributed by atoms with E-state index in [1.807, 2.05) is 83.8 Å². The second-order valence-electron chi connectivity index (χ2n) is 10.8. The number of aldehydes is 1. The van der Waals surface area contributed by atoms with Crippen LogP contribution in [0.2, 0.25) is 0 Å². The second-order valence-corrected chi connectivity index (χ2v) is 10.8. The van der Waals surface area contributed by atoms with Crippen LogP contribution in [-0.4, -0.2) is 77.3 Å². The molecule has 0 radical (unpaired) electrons. The molecule has 0 N–H and O–H groups in total. The first-order valence-corrected chi connectivity index (χ1v) is 15.0. The Labute approximate surface area is 266 Å².